The number of hydrogen-bond acceptors (Lipinski definition) is 4. The van der Waals surface area contributed by atoms with Crippen LogP contribution >= 0.6 is 0 Å². The van der Waals surface area contributed by atoms with E-state index >= 15 is 0 Å². The standard InChI is InChI=1S/C16H22N4O2/c1-2-16(18-14-20-7-11-22-12-8-20)4-3-15(1)17-13-19-5-9-21-10-6-19/h1-4,13-14H,5-12H2. The number of ether oxygens (including phenoxy) is 2. The third-order valence-corrected chi connectivity index (χ3v) is 3.68. The zero-order valence-corrected chi connectivity index (χ0v) is 12.7. The van der Waals surface area contributed by atoms with Crippen LogP contribution in [0.5, 0.6) is 0 Å². The highest BCUT2D eigenvalue weighted by molar-refractivity contribution is 5.65. The largest absolute Gasteiger partial charge is 0.378 e. The topological polar surface area (TPSA) is 49.7 Å². The molecule has 3 rings (SSSR count). The smallest absolute Gasteiger partial charge is 0.0913 e. The molecule has 6 heteroatoms. The average molecular weight is 302 g/mol. The van der Waals surface area contributed by atoms with Gasteiger partial charge >= 0.3 is 0 Å². The Kier molecular flexibility index (Phi) is 5.39. The molecule has 0 atom stereocenters. The first kappa shape index (κ1) is 15.0. The molecule has 2 saturated heterocycles. The van der Waals surface area contributed by atoms with Crippen LogP contribution in [-0.2, 0) is 9.47 Å². The minimum Gasteiger partial charge on any atom is -0.378 e. The van der Waals surface area contributed by atoms with Gasteiger partial charge in [-0.3, -0.25) is 0 Å². The van der Waals surface area contributed by atoms with Crippen molar-refractivity contribution in [1.82, 2.24) is 9.80 Å². The van der Waals surface area contributed by atoms with Crippen LogP contribution < -0.4 is 0 Å². The molecule has 2 fully saturated rings. The van der Waals surface area contributed by atoms with E-state index in [1.807, 2.05) is 36.9 Å². The third kappa shape index (κ3) is 4.54. The first-order chi connectivity index (χ1) is 10.9. The number of hydrogen-bond donors (Lipinski definition) is 0. The van der Waals surface area contributed by atoms with Gasteiger partial charge in [-0.2, -0.15) is 0 Å². The first-order valence-corrected chi connectivity index (χ1v) is 7.72. The monoisotopic (exact) mass is 302 g/mol. The lowest BCUT2D eigenvalue weighted by Crippen LogP contribution is -2.35. The van der Waals surface area contributed by atoms with E-state index in [-0.39, 0.29) is 0 Å². The Morgan fingerprint density at radius 3 is 1.41 bits per heavy atom. The van der Waals surface area contributed by atoms with Gasteiger partial charge in [0.1, 0.15) is 0 Å². The van der Waals surface area contributed by atoms with E-state index < -0.39 is 0 Å². The number of morpholine rings is 2. The zero-order valence-electron chi connectivity index (χ0n) is 12.7. The van der Waals surface area contributed by atoms with Crippen molar-refractivity contribution in [3.63, 3.8) is 0 Å². The number of rotatable bonds is 4. The fourth-order valence-electron chi connectivity index (χ4n) is 2.31. The van der Waals surface area contributed by atoms with E-state index in [2.05, 4.69) is 19.8 Å². The summed E-state index contributed by atoms with van der Waals surface area (Å²) in [5.74, 6) is 0. The molecule has 118 valence electrons. The first-order valence-electron chi connectivity index (χ1n) is 7.72. The summed E-state index contributed by atoms with van der Waals surface area (Å²) in [5.41, 5.74) is 1.88. The maximum Gasteiger partial charge on any atom is 0.0913 e. The molecule has 2 heterocycles. The van der Waals surface area contributed by atoms with Gasteiger partial charge in [-0.25, -0.2) is 9.98 Å². The number of benzene rings is 1. The molecule has 1 aromatic rings. The Balaban J connectivity index is 1.53. The summed E-state index contributed by atoms with van der Waals surface area (Å²) < 4.78 is 10.6. The molecular weight excluding hydrogens is 280 g/mol. The van der Waals surface area contributed by atoms with Crippen molar-refractivity contribution in [2.24, 2.45) is 9.98 Å². The molecule has 6 nitrogen and oxygen atoms in total. The fourth-order valence-corrected chi connectivity index (χ4v) is 2.31. The fraction of sp³-hybridized carbons (Fsp3) is 0.500. The minimum atomic E-state index is 0.779. The Labute approximate surface area is 131 Å². The molecule has 0 radical (unpaired) electrons. The van der Waals surface area contributed by atoms with Crippen LogP contribution in [0.2, 0.25) is 0 Å². The average Bonchev–Trinajstić information content (AvgIpc) is 2.61. The van der Waals surface area contributed by atoms with Crippen molar-refractivity contribution in [3.8, 4) is 0 Å². The maximum absolute atomic E-state index is 5.31. The van der Waals surface area contributed by atoms with Gasteiger partial charge in [0.15, 0.2) is 0 Å². The van der Waals surface area contributed by atoms with Gasteiger partial charge in [0, 0.05) is 26.2 Å². The highest BCUT2D eigenvalue weighted by Gasteiger charge is 2.06. The van der Waals surface area contributed by atoms with Crippen molar-refractivity contribution in [2.75, 3.05) is 52.6 Å². The molecule has 22 heavy (non-hydrogen) atoms. The second-order valence-electron chi connectivity index (χ2n) is 5.30. The van der Waals surface area contributed by atoms with E-state index in [1.54, 1.807) is 0 Å². The van der Waals surface area contributed by atoms with Gasteiger partial charge < -0.3 is 19.3 Å². The van der Waals surface area contributed by atoms with Gasteiger partial charge in [0.25, 0.3) is 0 Å². The van der Waals surface area contributed by atoms with Crippen LogP contribution in [0.3, 0.4) is 0 Å². The van der Waals surface area contributed by atoms with Crippen LogP contribution in [0.4, 0.5) is 11.4 Å². The number of aliphatic imine (C=N–C) groups is 2. The molecule has 0 spiro atoms. The van der Waals surface area contributed by atoms with Crippen molar-refractivity contribution < 1.29 is 9.47 Å². The predicted octanol–water partition coefficient (Wildman–Crippen LogP) is 1.67. The summed E-state index contributed by atoms with van der Waals surface area (Å²) in [6.07, 6.45) is 3.79. The Morgan fingerprint density at radius 2 is 1.05 bits per heavy atom. The van der Waals surface area contributed by atoms with Gasteiger partial charge in [0.05, 0.1) is 50.5 Å². The SMILES string of the molecule is C(=Nc1ccc(N=CN2CCOCC2)cc1)N1CCOCC1. The highest BCUT2D eigenvalue weighted by Crippen LogP contribution is 2.18. The normalized spacial score (nSPS) is 20.2. The Morgan fingerprint density at radius 1 is 0.682 bits per heavy atom. The van der Waals surface area contributed by atoms with E-state index in [9.17, 15) is 0 Å². The molecule has 0 N–H and O–H groups in total. The van der Waals surface area contributed by atoms with Crippen LogP contribution in [-0.4, -0.2) is 75.1 Å². The molecule has 0 aromatic heterocycles. The highest BCUT2D eigenvalue weighted by atomic mass is 16.5. The predicted molar refractivity (Wildman–Crippen MR) is 87.5 cm³/mol. The van der Waals surface area contributed by atoms with Crippen molar-refractivity contribution in [3.05, 3.63) is 24.3 Å². The van der Waals surface area contributed by atoms with E-state index in [1.165, 1.54) is 0 Å². The van der Waals surface area contributed by atoms with Gasteiger partial charge in [-0.1, -0.05) is 0 Å². The second-order valence-corrected chi connectivity index (χ2v) is 5.30. The van der Waals surface area contributed by atoms with Crippen LogP contribution in [0.15, 0.2) is 34.3 Å². The summed E-state index contributed by atoms with van der Waals surface area (Å²) in [5, 5.41) is 0. The second kappa shape index (κ2) is 7.91. The van der Waals surface area contributed by atoms with Gasteiger partial charge in [0.2, 0.25) is 0 Å². The lowest BCUT2D eigenvalue weighted by molar-refractivity contribution is 0.0700. The van der Waals surface area contributed by atoms with Crippen molar-refractivity contribution >= 4 is 24.1 Å². The Bertz CT molecular complexity index is 456. The molecule has 2 aliphatic rings. The lowest BCUT2D eigenvalue weighted by atomic mass is 10.3. The lowest BCUT2D eigenvalue weighted by Gasteiger charge is -2.24. The minimum absolute atomic E-state index is 0.779. The molecule has 0 bridgehead atoms. The Hall–Kier alpha value is -1.92. The quantitative estimate of drug-likeness (QED) is 0.627. The van der Waals surface area contributed by atoms with Gasteiger partial charge in [-0.05, 0) is 24.3 Å². The van der Waals surface area contributed by atoms with Gasteiger partial charge in [-0.15, -0.1) is 0 Å². The summed E-state index contributed by atoms with van der Waals surface area (Å²) in [6.45, 7) is 6.75. The molecule has 1 aromatic carbocycles. The third-order valence-electron chi connectivity index (χ3n) is 3.68. The van der Waals surface area contributed by atoms with Crippen LogP contribution in [0.1, 0.15) is 0 Å². The molecule has 0 amide bonds. The zero-order chi connectivity index (χ0) is 15.0. The molecule has 0 saturated carbocycles. The van der Waals surface area contributed by atoms with Crippen molar-refractivity contribution in [2.45, 2.75) is 0 Å². The maximum atomic E-state index is 5.31. The van der Waals surface area contributed by atoms with E-state index in [4.69, 9.17) is 9.47 Å². The van der Waals surface area contributed by atoms with E-state index in [0.717, 1.165) is 64.0 Å². The van der Waals surface area contributed by atoms with E-state index in [0.29, 0.717) is 0 Å². The number of nitrogens with zero attached hydrogens (tertiary/aromatic N) is 4. The van der Waals surface area contributed by atoms with Crippen LogP contribution in [0, 0.1) is 0 Å². The van der Waals surface area contributed by atoms with Crippen LogP contribution in [0.25, 0.3) is 0 Å². The summed E-state index contributed by atoms with van der Waals surface area (Å²) in [4.78, 5) is 13.3. The molecule has 2 aliphatic heterocycles. The van der Waals surface area contributed by atoms with Crippen molar-refractivity contribution in [1.29, 1.82) is 0 Å². The summed E-state index contributed by atoms with van der Waals surface area (Å²) >= 11 is 0. The molecule has 0 aliphatic carbocycles. The summed E-state index contributed by atoms with van der Waals surface area (Å²) in [7, 11) is 0. The summed E-state index contributed by atoms with van der Waals surface area (Å²) in [6, 6.07) is 7.96. The molecular formula is C16H22N4O2. The molecule has 0 unspecified atom stereocenters.